The van der Waals surface area contributed by atoms with Gasteiger partial charge in [-0.15, -0.1) is 0 Å². The second-order valence-electron chi connectivity index (χ2n) is 6.83. The van der Waals surface area contributed by atoms with Crippen molar-refractivity contribution in [1.82, 2.24) is 4.90 Å². The van der Waals surface area contributed by atoms with Crippen molar-refractivity contribution in [3.63, 3.8) is 0 Å². The first-order valence-electron chi connectivity index (χ1n) is 8.32. The smallest absolute Gasteiger partial charge is 0.409 e. The Morgan fingerprint density at radius 2 is 2.00 bits per heavy atom. The minimum atomic E-state index is -0.867. The molecule has 1 aliphatic carbocycles. The summed E-state index contributed by atoms with van der Waals surface area (Å²) in [4.78, 5) is 13.2. The van der Waals surface area contributed by atoms with Gasteiger partial charge in [0.2, 0.25) is 0 Å². The Morgan fingerprint density at radius 1 is 1.33 bits per heavy atom. The molecule has 0 radical (unpaired) electrons. The van der Waals surface area contributed by atoms with Crippen molar-refractivity contribution in [2.45, 2.75) is 83.6 Å². The van der Waals surface area contributed by atoms with E-state index in [-0.39, 0.29) is 12.1 Å². The molecule has 120 valence electrons. The number of nitrogens with zero attached hydrogens (tertiary/aromatic N) is 1. The minimum absolute atomic E-state index is 0.0524. The van der Waals surface area contributed by atoms with Gasteiger partial charge in [-0.05, 0) is 32.6 Å². The van der Waals surface area contributed by atoms with Gasteiger partial charge in [-0.3, -0.25) is 4.90 Å². The zero-order valence-corrected chi connectivity index (χ0v) is 13.5. The van der Waals surface area contributed by atoms with E-state index in [0.29, 0.717) is 5.92 Å². The first-order chi connectivity index (χ1) is 9.95. The third-order valence-electron chi connectivity index (χ3n) is 4.78. The monoisotopic (exact) mass is 295 g/mol. The number of hydrogen-bond donors (Lipinski definition) is 1. The summed E-state index contributed by atoms with van der Waals surface area (Å²) in [5, 5.41) is 9.61. The molecule has 1 heterocycles. The van der Waals surface area contributed by atoms with Gasteiger partial charge in [-0.2, -0.15) is 0 Å². The zero-order chi connectivity index (χ0) is 15.5. The van der Waals surface area contributed by atoms with Gasteiger partial charge in [0.15, 0.2) is 0 Å². The maximum atomic E-state index is 11.7. The van der Waals surface area contributed by atoms with E-state index in [1.807, 2.05) is 13.8 Å². The Balaban J connectivity index is 2.16. The molecule has 4 nitrogen and oxygen atoms in total. The third kappa shape index (κ3) is 3.79. The first kappa shape index (κ1) is 16.3. The van der Waals surface area contributed by atoms with E-state index < -0.39 is 11.8 Å². The van der Waals surface area contributed by atoms with E-state index in [2.05, 4.69) is 19.1 Å². The highest BCUT2D eigenvalue weighted by Gasteiger charge is 2.49. The van der Waals surface area contributed by atoms with Gasteiger partial charge in [0.1, 0.15) is 5.72 Å². The van der Waals surface area contributed by atoms with E-state index in [1.54, 1.807) is 0 Å². The standard InChI is InChI=1S/C17H29NO3/c1-4-5-11-15-14(12-13-9-7-6-8-10-13)18(16(19)20)17(2,3)21-15/h5,11,13-15H,4,6-10,12H2,1-3H3,(H,19,20)/b11-5-/t14-,15+/m0/s1. The lowest BCUT2D eigenvalue weighted by Crippen LogP contribution is -2.48. The lowest BCUT2D eigenvalue weighted by Gasteiger charge is -2.33. The second kappa shape index (κ2) is 6.82. The van der Waals surface area contributed by atoms with E-state index in [0.717, 1.165) is 12.8 Å². The molecule has 0 aromatic heterocycles. The average molecular weight is 295 g/mol. The van der Waals surface area contributed by atoms with Crippen molar-refractivity contribution in [3.8, 4) is 0 Å². The lowest BCUT2D eigenvalue weighted by atomic mass is 9.83. The highest BCUT2D eigenvalue weighted by Crippen LogP contribution is 2.38. The molecular weight excluding hydrogens is 266 g/mol. The van der Waals surface area contributed by atoms with Gasteiger partial charge < -0.3 is 9.84 Å². The van der Waals surface area contributed by atoms with Crippen LogP contribution < -0.4 is 0 Å². The predicted molar refractivity (Wildman–Crippen MR) is 83.2 cm³/mol. The molecule has 0 aromatic rings. The normalized spacial score (nSPS) is 30.1. The zero-order valence-electron chi connectivity index (χ0n) is 13.5. The quantitative estimate of drug-likeness (QED) is 0.782. The summed E-state index contributed by atoms with van der Waals surface area (Å²) in [7, 11) is 0. The van der Waals surface area contributed by atoms with Crippen molar-refractivity contribution in [2.75, 3.05) is 0 Å². The SMILES string of the molecule is CC/C=C\[C@H]1OC(C)(C)N(C(=O)O)[C@H]1CC1CCCCC1. The van der Waals surface area contributed by atoms with E-state index in [9.17, 15) is 9.90 Å². The minimum Gasteiger partial charge on any atom is -0.465 e. The molecule has 0 unspecified atom stereocenters. The highest BCUT2D eigenvalue weighted by molar-refractivity contribution is 5.67. The van der Waals surface area contributed by atoms with Crippen LogP contribution in [0.5, 0.6) is 0 Å². The summed E-state index contributed by atoms with van der Waals surface area (Å²) in [5.41, 5.74) is -0.742. The molecule has 2 aliphatic rings. The Labute approximate surface area is 128 Å². The molecule has 2 atom stereocenters. The summed E-state index contributed by atoms with van der Waals surface area (Å²) >= 11 is 0. The molecular formula is C17H29NO3. The topological polar surface area (TPSA) is 49.8 Å². The van der Waals surface area contributed by atoms with Crippen molar-refractivity contribution >= 4 is 6.09 Å². The van der Waals surface area contributed by atoms with E-state index in [4.69, 9.17) is 4.74 Å². The van der Waals surface area contributed by atoms with Gasteiger partial charge in [-0.1, -0.05) is 51.2 Å². The number of ether oxygens (including phenoxy) is 1. The number of carbonyl (C=O) groups is 1. The maximum absolute atomic E-state index is 11.7. The van der Waals surface area contributed by atoms with Gasteiger partial charge in [0, 0.05) is 0 Å². The van der Waals surface area contributed by atoms with E-state index in [1.165, 1.54) is 37.0 Å². The Bertz CT molecular complexity index is 385. The van der Waals surface area contributed by atoms with Crippen LogP contribution in [0, 0.1) is 5.92 Å². The maximum Gasteiger partial charge on any atom is 0.409 e. The third-order valence-corrected chi connectivity index (χ3v) is 4.78. The van der Waals surface area contributed by atoms with Gasteiger partial charge in [0.25, 0.3) is 0 Å². The molecule has 1 amide bonds. The first-order valence-corrected chi connectivity index (χ1v) is 8.32. The van der Waals surface area contributed by atoms with Crippen LogP contribution in [0.25, 0.3) is 0 Å². The number of rotatable bonds is 4. The molecule has 0 bridgehead atoms. The molecule has 21 heavy (non-hydrogen) atoms. The molecule has 1 saturated heterocycles. The Kier molecular flexibility index (Phi) is 5.31. The summed E-state index contributed by atoms with van der Waals surface area (Å²) in [5.74, 6) is 0.639. The lowest BCUT2D eigenvalue weighted by molar-refractivity contribution is -0.0562. The molecule has 4 heteroatoms. The van der Waals surface area contributed by atoms with Crippen molar-refractivity contribution in [2.24, 2.45) is 5.92 Å². The summed E-state index contributed by atoms with van der Waals surface area (Å²) < 4.78 is 6.04. The average Bonchev–Trinajstić information content (AvgIpc) is 2.68. The molecule has 0 spiro atoms. The fourth-order valence-electron chi connectivity index (χ4n) is 3.83. The van der Waals surface area contributed by atoms with Gasteiger partial charge >= 0.3 is 6.09 Å². The molecule has 2 fully saturated rings. The summed E-state index contributed by atoms with van der Waals surface area (Å²) in [6.45, 7) is 5.80. The second-order valence-corrected chi connectivity index (χ2v) is 6.83. The molecule has 1 saturated carbocycles. The molecule has 1 aliphatic heterocycles. The van der Waals surface area contributed by atoms with Crippen LogP contribution in [0.4, 0.5) is 4.79 Å². The van der Waals surface area contributed by atoms with Crippen LogP contribution in [0.1, 0.15) is 65.7 Å². The fourth-order valence-corrected chi connectivity index (χ4v) is 3.83. The summed E-state index contributed by atoms with van der Waals surface area (Å²) in [6.07, 6.45) is 11.4. The number of carboxylic acid groups (broad SMARTS) is 1. The molecule has 1 N–H and O–H groups in total. The van der Waals surface area contributed by atoms with Gasteiger partial charge in [0.05, 0.1) is 12.1 Å². The van der Waals surface area contributed by atoms with E-state index >= 15 is 0 Å². The number of hydrogen-bond acceptors (Lipinski definition) is 2. The van der Waals surface area contributed by atoms with Crippen LogP contribution in [0.2, 0.25) is 0 Å². The predicted octanol–water partition coefficient (Wildman–Crippen LogP) is 4.41. The Morgan fingerprint density at radius 3 is 2.57 bits per heavy atom. The van der Waals surface area contributed by atoms with Crippen LogP contribution in [0.3, 0.4) is 0 Å². The fraction of sp³-hybridized carbons (Fsp3) is 0.824. The summed E-state index contributed by atoms with van der Waals surface area (Å²) in [6, 6.07) is -0.0524. The number of allylic oxidation sites excluding steroid dienone is 1. The van der Waals surface area contributed by atoms with Crippen molar-refractivity contribution < 1.29 is 14.6 Å². The Hall–Kier alpha value is -1.03. The van der Waals surface area contributed by atoms with Crippen molar-refractivity contribution in [1.29, 1.82) is 0 Å². The van der Waals surface area contributed by atoms with Crippen LogP contribution in [-0.2, 0) is 4.74 Å². The number of amides is 1. The van der Waals surface area contributed by atoms with Crippen LogP contribution in [-0.4, -0.2) is 34.0 Å². The highest BCUT2D eigenvalue weighted by atomic mass is 16.6. The largest absolute Gasteiger partial charge is 0.465 e. The van der Waals surface area contributed by atoms with Crippen LogP contribution >= 0.6 is 0 Å². The van der Waals surface area contributed by atoms with Crippen LogP contribution in [0.15, 0.2) is 12.2 Å². The molecule has 2 rings (SSSR count). The van der Waals surface area contributed by atoms with Gasteiger partial charge in [-0.25, -0.2) is 4.79 Å². The molecule has 0 aromatic carbocycles. The van der Waals surface area contributed by atoms with Crippen molar-refractivity contribution in [3.05, 3.63) is 12.2 Å².